The lowest BCUT2D eigenvalue weighted by Gasteiger charge is -2.27. The summed E-state index contributed by atoms with van der Waals surface area (Å²) in [6.07, 6.45) is 0.284. The summed E-state index contributed by atoms with van der Waals surface area (Å²) in [7, 11) is 0. The number of Topliss-reactive ketones (excluding diaryl/α,β-unsaturated/α-hetero) is 1. The van der Waals surface area contributed by atoms with Crippen LogP contribution in [0.25, 0.3) is 0 Å². The smallest absolute Gasteiger partial charge is 0.408 e. The highest BCUT2D eigenvalue weighted by atomic mass is 16.5. The third-order valence-corrected chi connectivity index (χ3v) is 7.95. The Kier molecular flexibility index (Phi) is 12.6. The van der Waals surface area contributed by atoms with E-state index in [2.05, 4.69) is 62.9 Å². The number of alkyl carbamates (subject to hydrolysis) is 1. The van der Waals surface area contributed by atoms with Crippen LogP contribution in [0.3, 0.4) is 0 Å². The quantitative estimate of drug-likeness (QED) is 0.234. The first kappa shape index (κ1) is 33.7. The molecule has 0 saturated heterocycles. The Bertz CT molecular complexity index is 1380. The Morgan fingerprint density at radius 1 is 0.733 bits per heavy atom. The molecule has 45 heavy (non-hydrogen) atoms. The number of amides is 2. The molecule has 2 amide bonds. The van der Waals surface area contributed by atoms with E-state index in [1.165, 1.54) is 16.8 Å². The lowest BCUT2D eigenvalue weighted by Crippen LogP contribution is -2.53. The summed E-state index contributed by atoms with van der Waals surface area (Å²) in [5.41, 5.74) is 4.47. The standard InChI is InChI=1S/C37H48N4O4/c1-27(2)21-32(38-36(43)33(22-28(3)4)39-37(44)45-26-30-15-9-6-10-16-30)35(42)25-40-19-20-41(23-29-13-7-5-8-14-29)34-18-12-11-17-31(34)24-40/h5-18,27-28,32-33H,19-26H2,1-4H3,(H,38,43)(H,39,44)/t32-,33-/m0/s1. The van der Waals surface area contributed by atoms with Gasteiger partial charge in [-0.25, -0.2) is 4.79 Å². The van der Waals surface area contributed by atoms with Gasteiger partial charge in [0.25, 0.3) is 0 Å². The maximum atomic E-state index is 13.8. The highest BCUT2D eigenvalue weighted by Crippen LogP contribution is 2.26. The number of ether oxygens (including phenoxy) is 1. The Morgan fingerprint density at radius 3 is 2.00 bits per heavy atom. The number of nitrogens with one attached hydrogen (secondary N) is 2. The second-order valence-electron chi connectivity index (χ2n) is 12.8. The van der Waals surface area contributed by atoms with Crippen LogP contribution in [-0.4, -0.2) is 54.4 Å². The van der Waals surface area contributed by atoms with Crippen molar-refractivity contribution in [1.29, 1.82) is 0 Å². The van der Waals surface area contributed by atoms with Crippen LogP contribution in [0.1, 0.15) is 57.2 Å². The van der Waals surface area contributed by atoms with E-state index in [0.717, 1.165) is 25.2 Å². The molecule has 1 aliphatic rings. The van der Waals surface area contributed by atoms with Crippen molar-refractivity contribution in [3.63, 3.8) is 0 Å². The zero-order valence-electron chi connectivity index (χ0n) is 27.1. The summed E-state index contributed by atoms with van der Waals surface area (Å²) >= 11 is 0. The molecule has 0 fully saturated rings. The molecule has 2 atom stereocenters. The van der Waals surface area contributed by atoms with Gasteiger partial charge in [0.05, 0.1) is 12.6 Å². The van der Waals surface area contributed by atoms with Gasteiger partial charge in [-0.1, -0.05) is 107 Å². The normalized spacial score (nSPS) is 14.8. The van der Waals surface area contributed by atoms with Gasteiger partial charge in [0.1, 0.15) is 12.6 Å². The Morgan fingerprint density at radius 2 is 1.33 bits per heavy atom. The van der Waals surface area contributed by atoms with Crippen LogP contribution in [-0.2, 0) is 34.0 Å². The summed E-state index contributed by atoms with van der Waals surface area (Å²) < 4.78 is 5.39. The molecule has 3 aromatic carbocycles. The van der Waals surface area contributed by atoms with E-state index in [1.54, 1.807) is 0 Å². The minimum atomic E-state index is -0.813. The number of nitrogens with zero attached hydrogens (tertiary/aromatic N) is 2. The van der Waals surface area contributed by atoms with Gasteiger partial charge in [-0.15, -0.1) is 0 Å². The molecule has 240 valence electrons. The lowest BCUT2D eigenvalue weighted by molar-refractivity contribution is -0.130. The zero-order chi connectivity index (χ0) is 32.2. The molecule has 0 saturated carbocycles. The zero-order valence-corrected chi connectivity index (χ0v) is 27.1. The van der Waals surface area contributed by atoms with Crippen molar-refractivity contribution in [2.45, 2.75) is 72.3 Å². The van der Waals surface area contributed by atoms with E-state index in [-0.39, 0.29) is 36.7 Å². The van der Waals surface area contributed by atoms with Crippen molar-refractivity contribution < 1.29 is 19.1 Å². The molecule has 1 heterocycles. The molecule has 8 nitrogen and oxygen atoms in total. The van der Waals surface area contributed by atoms with Crippen molar-refractivity contribution in [3.05, 3.63) is 102 Å². The van der Waals surface area contributed by atoms with Gasteiger partial charge >= 0.3 is 6.09 Å². The maximum absolute atomic E-state index is 13.8. The van der Waals surface area contributed by atoms with Crippen molar-refractivity contribution in [2.75, 3.05) is 24.5 Å². The number of ketones is 1. The predicted octanol–water partition coefficient (Wildman–Crippen LogP) is 5.95. The molecule has 3 aromatic rings. The van der Waals surface area contributed by atoms with Crippen LogP contribution >= 0.6 is 0 Å². The van der Waals surface area contributed by atoms with Gasteiger partial charge in [0.15, 0.2) is 5.78 Å². The first-order chi connectivity index (χ1) is 21.7. The van der Waals surface area contributed by atoms with Gasteiger partial charge in [-0.05, 0) is 47.4 Å². The maximum Gasteiger partial charge on any atom is 0.408 e. The van der Waals surface area contributed by atoms with E-state index in [9.17, 15) is 14.4 Å². The Balaban J connectivity index is 1.40. The van der Waals surface area contributed by atoms with Crippen LogP contribution in [0.5, 0.6) is 0 Å². The number of fused-ring (bicyclic) bond motifs is 1. The van der Waals surface area contributed by atoms with E-state index >= 15 is 0 Å². The Hall–Kier alpha value is -4.17. The fraction of sp³-hybridized carbons (Fsp3) is 0.432. The van der Waals surface area contributed by atoms with E-state index < -0.39 is 18.2 Å². The largest absolute Gasteiger partial charge is 0.445 e. The van der Waals surface area contributed by atoms with Crippen molar-refractivity contribution in [1.82, 2.24) is 15.5 Å². The molecule has 0 bridgehead atoms. The second kappa shape index (κ2) is 16.8. The number of hydrogen-bond acceptors (Lipinski definition) is 6. The first-order valence-corrected chi connectivity index (χ1v) is 16.1. The number of para-hydroxylation sites is 1. The number of carbonyl (C=O) groups is 3. The molecule has 2 N–H and O–H groups in total. The Labute approximate surface area is 268 Å². The van der Waals surface area contributed by atoms with Gasteiger partial charge < -0.3 is 20.3 Å². The van der Waals surface area contributed by atoms with Crippen molar-refractivity contribution in [2.24, 2.45) is 11.8 Å². The molecular weight excluding hydrogens is 564 g/mol. The predicted molar refractivity (Wildman–Crippen MR) is 179 cm³/mol. The monoisotopic (exact) mass is 612 g/mol. The summed E-state index contributed by atoms with van der Waals surface area (Å²) in [5.74, 6) is -0.0566. The fourth-order valence-corrected chi connectivity index (χ4v) is 5.71. The molecule has 0 unspecified atom stereocenters. The average molecular weight is 613 g/mol. The third-order valence-electron chi connectivity index (χ3n) is 7.95. The van der Waals surface area contributed by atoms with Crippen molar-refractivity contribution >= 4 is 23.5 Å². The van der Waals surface area contributed by atoms with Gasteiger partial charge in [0.2, 0.25) is 5.91 Å². The average Bonchev–Trinajstić information content (AvgIpc) is 3.18. The van der Waals surface area contributed by atoms with Crippen LogP contribution in [0.2, 0.25) is 0 Å². The summed E-state index contributed by atoms with van der Waals surface area (Å²) in [5, 5.41) is 5.74. The summed E-state index contributed by atoms with van der Waals surface area (Å²) in [4.78, 5) is 44.6. The summed E-state index contributed by atoms with van der Waals surface area (Å²) in [6.45, 7) is 11.4. The van der Waals surface area contributed by atoms with Gasteiger partial charge in [-0.3, -0.25) is 14.5 Å². The lowest BCUT2D eigenvalue weighted by atomic mass is 9.98. The minimum absolute atomic E-state index is 0.0269. The van der Waals surface area contributed by atoms with E-state index in [4.69, 9.17) is 4.74 Å². The molecule has 0 spiro atoms. The number of benzene rings is 3. The topological polar surface area (TPSA) is 91.0 Å². The molecule has 1 aliphatic heterocycles. The van der Waals surface area contributed by atoms with E-state index in [1.807, 2.05) is 70.2 Å². The molecule has 4 rings (SSSR count). The number of carbonyl (C=O) groups excluding carboxylic acids is 3. The highest BCUT2D eigenvalue weighted by Gasteiger charge is 2.30. The molecule has 0 aromatic heterocycles. The van der Waals surface area contributed by atoms with Gasteiger partial charge in [-0.2, -0.15) is 0 Å². The number of rotatable bonds is 14. The molecule has 0 radical (unpaired) electrons. The fourth-order valence-electron chi connectivity index (χ4n) is 5.71. The third kappa shape index (κ3) is 10.7. The van der Waals surface area contributed by atoms with Crippen LogP contribution in [0.15, 0.2) is 84.9 Å². The van der Waals surface area contributed by atoms with E-state index in [0.29, 0.717) is 19.4 Å². The van der Waals surface area contributed by atoms with Crippen LogP contribution in [0, 0.1) is 11.8 Å². The molecule has 0 aliphatic carbocycles. The number of anilines is 1. The highest BCUT2D eigenvalue weighted by molar-refractivity contribution is 5.93. The van der Waals surface area contributed by atoms with Crippen LogP contribution in [0.4, 0.5) is 10.5 Å². The number of hydrogen-bond donors (Lipinski definition) is 2. The van der Waals surface area contributed by atoms with Crippen molar-refractivity contribution in [3.8, 4) is 0 Å². The van der Waals surface area contributed by atoms with Gasteiger partial charge in [0, 0.05) is 31.9 Å². The first-order valence-electron chi connectivity index (χ1n) is 16.1. The van der Waals surface area contributed by atoms with Crippen LogP contribution < -0.4 is 15.5 Å². The summed E-state index contributed by atoms with van der Waals surface area (Å²) in [6, 6.07) is 26.7. The SMILES string of the molecule is CC(C)C[C@H](NC(=O)[C@H](CC(C)C)NC(=O)OCc1ccccc1)C(=O)CN1CCN(Cc2ccccc2)c2ccccc2C1. The second-order valence-corrected chi connectivity index (χ2v) is 12.8. The minimum Gasteiger partial charge on any atom is -0.445 e. The molecule has 8 heteroatoms. The molecular formula is C37H48N4O4.